The summed E-state index contributed by atoms with van der Waals surface area (Å²) < 4.78 is 0. The number of hydrogen-bond donors (Lipinski definition) is 16. The second kappa shape index (κ2) is 41.5. The Labute approximate surface area is 599 Å². The standard InChI is InChI=1S/C66H110N18O19/c1-31(2)49(67)58(95)70-27-45(87)79-52(34(7)8)61(98)74-37(13)64(101)82-22-16-19-40(82)55(92)68-25-43(85)77-50(32(3)4)59(96)71-28-46(88)80-53(35(9)10)62(99)75-38(14)65(102)83-23-17-20-41(83)56(93)69-26-44(86)78-51(33(5)6)60(97)72-29-47(89)81-54(36(11)12)63(100)76-39(15)66(103)84-24-18-21-42(84)57(94)73-30-48(90)91/h31-42,49-54H,16-30,67H2,1-15H3,(H,68,92)(H,69,93)(H,70,95)(H,71,96)(H,72,97)(H,73,94)(H,74,98)(H,75,99)(H,76,100)(H,77,85)(H,78,86)(H,79,87)(H,80,88)(H,81,89)(H,90,91)/t37-,38-,39-,40-,41-,42-,49-,50-,51-,52-,53-,54-/m0/s1. The Morgan fingerprint density at radius 2 is 0.534 bits per heavy atom. The molecule has 3 saturated heterocycles. The molecule has 3 aliphatic heterocycles. The Balaban J connectivity index is 1.48. The van der Waals surface area contributed by atoms with Crippen molar-refractivity contribution in [1.82, 2.24) is 89.1 Å². The predicted octanol–water partition coefficient (Wildman–Crippen LogP) is -6.06. The molecule has 103 heavy (non-hydrogen) atoms. The van der Waals surface area contributed by atoms with Gasteiger partial charge in [-0.05, 0) is 94.8 Å². The van der Waals surface area contributed by atoms with Gasteiger partial charge in [0, 0.05) is 19.6 Å². The van der Waals surface area contributed by atoms with Gasteiger partial charge in [-0.15, -0.1) is 0 Å². The van der Waals surface area contributed by atoms with E-state index in [4.69, 9.17) is 10.8 Å². The number of rotatable bonds is 38. The van der Waals surface area contributed by atoms with E-state index in [9.17, 15) is 86.3 Å². The highest BCUT2D eigenvalue weighted by atomic mass is 16.4. The number of carbonyl (C=O) groups excluding carboxylic acids is 17. The highest BCUT2D eigenvalue weighted by Gasteiger charge is 2.42. The number of amides is 17. The van der Waals surface area contributed by atoms with Gasteiger partial charge in [-0.25, -0.2) is 0 Å². The predicted molar refractivity (Wildman–Crippen MR) is 369 cm³/mol. The average molecular weight is 1460 g/mol. The maximum absolute atomic E-state index is 13.8. The number of nitrogens with one attached hydrogen (secondary N) is 14. The van der Waals surface area contributed by atoms with Crippen LogP contribution in [0.15, 0.2) is 0 Å². The van der Waals surface area contributed by atoms with Gasteiger partial charge in [0.15, 0.2) is 0 Å². The van der Waals surface area contributed by atoms with Crippen LogP contribution in [0.3, 0.4) is 0 Å². The van der Waals surface area contributed by atoms with E-state index in [2.05, 4.69) is 74.4 Å². The number of aliphatic carboxylic acids is 1. The first kappa shape index (κ1) is 87.6. The molecule has 17 amide bonds. The molecule has 3 rings (SSSR count). The Hall–Kier alpha value is -9.58. The average Bonchev–Trinajstić information content (AvgIpc) is 1.74. The van der Waals surface area contributed by atoms with Crippen LogP contribution in [-0.2, 0) is 86.3 Å². The molecule has 37 heteroatoms. The van der Waals surface area contributed by atoms with Gasteiger partial charge in [-0.2, -0.15) is 0 Å². The van der Waals surface area contributed by atoms with Crippen LogP contribution >= 0.6 is 0 Å². The summed E-state index contributed by atoms with van der Waals surface area (Å²) in [6.45, 7) is 20.9. The van der Waals surface area contributed by atoms with Crippen LogP contribution in [-0.4, -0.2) is 258 Å². The number of likely N-dealkylation sites (tertiary alicyclic amines) is 3. The summed E-state index contributed by atoms with van der Waals surface area (Å²) in [4.78, 5) is 240. The summed E-state index contributed by atoms with van der Waals surface area (Å²) in [5.41, 5.74) is 5.84. The summed E-state index contributed by atoms with van der Waals surface area (Å²) in [5.74, 6) is -16.0. The smallest absolute Gasteiger partial charge is 0.322 e. The number of carbonyl (C=O) groups is 18. The fourth-order valence-electron chi connectivity index (χ4n) is 11.5. The van der Waals surface area contributed by atoms with Gasteiger partial charge in [0.25, 0.3) is 0 Å². The van der Waals surface area contributed by atoms with Crippen molar-refractivity contribution in [2.24, 2.45) is 41.2 Å². The van der Waals surface area contributed by atoms with Crippen LogP contribution in [0.1, 0.15) is 142 Å². The molecule has 0 unspecified atom stereocenters. The Bertz CT molecular complexity index is 3110. The molecule has 0 bridgehead atoms. The summed E-state index contributed by atoms with van der Waals surface area (Å²) in [6.07, 6.45) is 2.00. The fourth-order valence-corrected chi connectivity index (χ4v) is 11.5. The summed E-state index contributed by atoms with van der Waals surface area (Å²) >= 11 is 0. The second-order valence-electron chi connectivity index (χ2n) is 28.2. The minimum Gasteiger partial charge on any atom is -0.480 e. The number of carboxylic acids is 1. The zero-order valence-corrected chi connectivity index (χ0v) is 61.7. The molecule has 0 radical (unpaired) electrons. The normalized spacial score (nSPS) is 18.3. The van der Waals surface area contributed by atoms with Crippen molar-refractivity contribution in [3.05, 3.63) is 0 Å². The largest absolute Gasteiger partial charge is 0.480 e. The molecular weight excluding hydrogens is 1350 g/mol. The third-order valence-electron chi connectivity index (χ3n) is 17.6. The number of nitrogens with zero attached hydrogens (tertiary/aromatic N) is 3. The van der Waals surface area contributed by atoms with Crippen molar-refractivity contribution in [3.63, 3.8) is 0 Å². The van der Waals surface area contributed by atoms with Gasteiger partial charge in [0.1, 0.15) is 73.0 Å². The molecule has 3 fully saturated rings. The third-order valence-corrected chi connectivity index (χ3v) is 17.6. The molecule has 0 aromatic heterocycles. The first-order chi connectivity index (χ1) is 48.1. The molecule has 0 aliphatic carbocycles. The zero-order valence-electron chi connectivity index (χ0n) is 61.7. The van der Waals surface area contributed by atoms with Crippen molar-refractivity contribution in [1.29, 1.82) is 0 Å². The van der Waals surface area contributed by atoms with Crippen LogP contribution < -0.4 is 80.2 Å². The lowest BCUT2D eigenvalue weighted by atomic mass is 10.0. The molecule has 578 valence electrons. The summed E-state index contributed by atoms with van der Waals surface area (Å²) in [6, 6.07) is -13.3. The molecule has 0 spiro atoms. The van der Waals surface area contributed by atoms with Gasteiger partial charge >= 0.3 is 5.97 Å². The van der Waals surface area contributed by atoms with Crippen molar-refractivity contribution in [2.75, 3.05) is 58.9 Å². The monoisotopic (exact) mass is 1460 g/mol. The lowest BCUT2D eigenvalue weighted by Gasteiger charge is -2.29. The highest BCUT2D eigenvalue weighted by molar-refractivity contribution is 6.00. The minimum absolute atomic E-state index is 0.113. The summed E-state index contributed by atoms with van der Waals surface area (Å²) in [7, 11) is 0. The topological polar surface area (TPSA) is 532 Å². The van der Waals surface area contributed by atoms with Crippen LogP contribution in [0, 0.1) is 35.5 Å². The van der Waals surface area contributed by atoms with Gasteiger partial charge in [-0.1, -0.05) is 83.1 Å². The van der Waals surface area contributed by atoms with E-state index in [-0.39, 0.29) is 38.4 Å². The molecule has 12 atom stereocenters. The number of carboxylic acid groups (broad SMARTS) is 1. The third kappa shape index (κ3) is 27.3. The maximum atomic E-state index is 13.8. The zero-order chi connectivity index (χ0) is 78.0. The molecular formula is C66H110N18O19. The number of nitrogens with two attached hydrogens (primary N) is 1. The van der Waals surface area contributed by atoms with Crippen molar-refractivity contribution in [2.45, 2.75) is 215 Å². The van der Waals surface area contributed by atoms with Crippen LogP contribution in [0.2, 0.25) is 0 Å². The first-order valence-corrected chi connectivity index (χ1v) is 35.0. The van der Waals surface area contributed by atoms with E-state index in [1.807, 2.05) is 0 Å². The van der Waals surface area contributed by atoms with Gasteiger partial charge in [0.05, 0.1) is 38.8 Å². The van der Waals surface area contributed by atoms with Crippen molar-refractivity contribution >= 4 is 106 Å². The molecule has 0 saturated carbocycles. The summed E-state index contributed by atoms with van der Waals surface area (Å²) in [5, 5.41) is 43.9. The quantitative estimate of drug-likeness (QED) is 0.0274. The van der Waals surface area contributed by atoms with Crippen molar-refractivity contribution in [3.8, 4) is 0 Å². The van der Waals surface area contributed by atoms with E-state index < -0.39 is 248 Å². The maximum Gasteiger partial charge on any atom is 0.322 e. The number of hydrogen-bond acceptors (Lipinski definition) is 19. The molecule has 0 aromatic carbocycles. The van der Waals surface area contributed by atoms with E-state index in [0.29, 0.717) is 25.7 Å². The van der Waals surface area contributed by atoms with Gasteiger partial charge in [-0.3, -0.25) is 86.3 Å². The molecule has 17 N–H and O–H groups in total. The van der Waals surface area contributed by atoms with Crippen molar-refractivity contribution < 1.29 is 91.4 Å². The molecule has 3 heterocycles. The fraction of sp³-hybridized carbons (Fsp3) is 0.727. The van der Waals surface area contributed by atoms with Crippen LogP contribution in [0.5, 0.6) is 0 Å². The first-order valence-electron chi connectivity index (χ1n) is 35.0. The highest BCUT2D eigenvalue weighted by Crippen LogP contribution is 2.22. The SMILES string of the molecule is CC(C)[C@H](N)C(=O)NCC(=O)N[C@H](C(=O)N[C@@H](C)C(=O)N1CCC[C@H]1C(=O)NCC(=O)N[C@H](C(=O)NCC(=O)N[C@H](C(=O)N[C@@H](C)C(=O)N1CCC[C@H]1C(=O)NCC(=O)N[C@H](C(=O)NCC(=O)N[C@H](C(=O)N[C@@H](C)C(=O)N1CCC[C@H]1C(=O)NCC(=O)O)C(C)C)C(C)C)C(C)C)C(C)C)C(C)C. The molecule has 3 aliphatic rings. The van der Waals surface area contributed by atoms with E-state index >= 15 is 0 Å². The molecule has 37 nitrogen and oxygen atoms in total. The van der Waals surface area contributed by atoms with E-state index in [1.54, 1.807) is 83.1 Å². The van der Waals surface area contributed by atoms with Gasteiger partial charge < -0.3 is 100.0 Å². The van der Waals surface area contributed by atoms with E-state index in [0.717, 1.165) is 0 Å². The van der Waals surface area contributed by atoms with Gasteiger partial charge in [0.2, 0.25) is 100 Å². The molecule has 0 aromatic rings. The lowest BCUT2D eigenvalue weighted by Crippen LogP contribution is -2.58. The van der Waals surface area contributed by atoms with E-state index in [1.165, 1.54) is 35.5 Å². The lowest BCUT2D eigenvalue weighted by molar-refractivity contribution is -0.142. The minimum atomic E-state index is -1.26. The van der Waals surface area contributed by atoms with Crippen LogP contribution in [0.4, 0.5) is 0 Å². The second-order valence-corrected chi connectivity index (χ2v) is 28.2. The Morgan fingerprint density at radius 3 is 0.767 bits per heavy atom. The van der Waals surface area contributed by atoms with Crippen LogP contribution in [0.25, 0.3) is 0 Å². The Kier molecular flexibility index (Phi) is 35.3. The Morgan fingerprint density at radius 1 is 0.311 bits per heavy atom.